The molecule has 2 bridgehead atoms. The molecule has 2 heterocycles. The molecule has 2 unspecified atom stereocenters. The maximum Gasteiger partial charge on any atom is 0.534 e. The van der Waals surface area contributed by atoms with Crippen LogP contribution in [0.4, 0.5) is 13.2 Å². The molecule has 0 saturated carbocycles. The summed E-state index contributed by atoms with van der Waals surface area (Å²) in [5, 5.41) is 0. The first-order valence-corrected chi connectivity index (χ1v) is 9.65. The van der Waals surface area contributed by atoms with Gasteiger partial charge in [0.25, 0.3) is 0 Å². The zero-order valence-corrected chi connectivity index (χ0v) is 14.5. The maximum absolute atomic E-state index is 12.8. The summed E-state index contributed by atoms with van der Waals surface area (Å²) in [4.78, 5) is 0. The highest BCUT2D eigenvalue weighted by Crippen LogP contribution is 2.51. The van der Waals surface area contributed by atoms with Gasteiger partial charge in [-0.2, -0.15) is 21.6 Å². The van der Waals surface area contributed by atoms with Crippen LogP contribution < -0.4 is 4.18 Å². The molecule has 0 aliphatic carbocycles. The van der Waals surface area contributed by atoms with Gasteiger partial charge in [-0.3, -0.25) is 0 Å². The van der Waals surface area contributed by atoms with E-state index in [-0.39, 0.29) is 11.9 Å². The minimum absolute atomic E-state index is 0.219. The van der Waals surface area contributed by atoms with E-state index in [9.17, 15) is 21.6 Å². The second-order valence-corrected chi connectivity index (χ2v) is 7.75. The number of ether oxygens (including phenoxy) is 1. The molecule has 138 valence electrons. The summed E-state index contributed by atoms with van der Waals surface area (Å²) in [5.41, 5.74) is -3.94. The van der Waals surface area contributed by atoms with Gasteiger partial charge in [-0.1, -0.05) is 50.5 Å². The monoisotopic (exact) mass is 376 g/mol. The van der Waals surface area contributed by atoms with Gasteiger partial charge in [0.2, 0.25) is 0 Å². The standard InChI is InChI=1S/C17H19F3O4S/c1-2-3-4-5-6-11-7-8-12-13-9-10-14(23-13)15(12)16(11)24-25(21,22)17(18,19)20/h7-10,13-14H,2-6H2,1H3. The number of halogens is 3. The SMILES string of the molecule is CCCCCCc1ccc2c(c1OS(=O)(=O)C(F)(F)F)C1C=CC2O1. The van der Waals surface area contributed by atoms with Crippen molar-refractivity contribution in [3.63, 3.8) is 0 Å². The Balaban J connectivity index is 1.96. The van der Waals surface area contributed by atoms with Crippen LogP contribution in [-0.4, -0.2) is 13.9 Å². The highest BCUT2D eigenvalue weighted by molar-refractivity contribution is 7.88. The van der Waals surface area contributed by atoms with E-state index in [0.717, 1.165) is 25.7 Å². The number of hydrogen-bond donors (Lipinski definition) is 0. The first-order chi connectivity index (χ1) is 11.7. The Bertz CT molecular complexity index is 784. The van der Waals surface area contributed by atoms with Crippen molar-refractivity contribution in [1.82, 2.24) is 0 Å². The number of fused-ring (bicyclic) bond motifs is 5. The molecule has 0 radical (unpaired) electrons. The van der Waals surface area contributed by atoms with Crippen LogP contribution in [0.1, 0.15) is 61.5 Å². The van der Waals surface area contributed by atoms with Crippen molar-refractivity contribution >= 4 is 10.1 Å². The first-order valence-electron chi connectivity index (χ1n) is 8.25. The fourth-order valence-electron chi connectivity index (χ4n) is 3.19. The summed E-state index contributed by atoms with van der Waals surface area (Å²) >= 11 is 0. The number of unbranched alkanes of at least 4 members (excludes halogenated alkanes) is 3. The lowest BCUT2D eigenvalue weighted by Gasteiger charge is -2.18. The van der Waals surface area contributed by atoms with Crippen LogP contribution in [0.2, 0.25) is 0 Å². The van der Waals surface area contributed by atoms with Gasteiger partial charge < -0.3 is 8.92 Å². The summed E-state index contributed by atoms with van der Waals surface area (Å²) in [6, 6.07) is 3.43. The molecule has 2 aliphatic rings. The topological polar surface area (TPSA) is 52.6 Å². The molecule has 0 spiro atoms. The molecule has 2 atom stereocenters. The molecule has 0 aromatic heterocycles. The molecule has 4 nitrogen and oxygen atoms in total. The van der Waals surface area contributed by atoms with E-state index in [1.165, 1.54) is 0 Å². The lowest BCUT2D eigenvalue weighted by Crippen LogP contribution is -2.29. The lowest BCUT2D eigenvalue weighted by atomic mass is 9.92. The Hall–Kier alpha value is -1.54. The van der Waals surface area contributed by atoms with Gasteiger partial charge in [-0.15, -0.1) is 0 Å². The predicted octanol–water partition coefficient (Wildman–Crippen LogP) is 4.72. The van der Waals surface area contributed by atoms with Crippen LogP contribution >= 0.6 is 0 Å². The highest BCUT2D eigenvalue weighted by atomic mass is 32.2. The fourth-order valence-corrected chi connectivity index (χ4v) is 3.70. The molecule has 25 heavy (non-hydrogen) atoms. The molecule has 1 aromatic carbocycles. The van der Waals surface area contributed by atoms with Gasteiger partial charge in [0.05, 0.1) is 0 Å². The number of alkyl halides is 3. The van der Waals surface area contributed by atoms with Crippen LogP contribution in [0.3, 0.4) is 0 Å². The molecule has 2 aliphatic heterocycles. The average molecular weight is 376 g/mol. The normalized spacial score (nSPS) is 21.6. The Morgan fingerprint density at radius 3 is 2.52 bits per heavy atom. The van der Waals surface area contributed by atoms with Crippen molar-refractivity contribution < 1.29 is 30.5 Å². The van der Waals surface area contributed by atoms with E-state index in [1.54, 1.807) is 24.3 Å². The lowest BCUT2D eigenvalue weighted by molar-refractivity contribution is -0.0500. The van der Waals surface area contributed by atoms with E-state index in [0.29, 0.717) is 23.1 Å². The second kappa shape index (κ2) is 6.64. The minimum Gasteiger partial charge on any atom is -0.375 e. The molecule has 0 amide bonds. The van der Waals surface area contributed by atoms with E-state index < -0.39 is 21.7 Å². The molecule has 8 heteroatoms. The molecule has 1 aromatic rings. The molecule has 0 fully saturated rings. The van der Waals surface area contributed by atoms with E-state index in [4.69, 9.17) is 4.74 Å². The van der Waals surface area contributed by atoms with Gasteiger partial charge >= 0.3 is 15.6 Å². The van der Waals surface area contributed by atoms with E-state index in [1.807, 2.05) is 0 Å². The number of benzene rings is 1. The quantitative estimate of drug-likeness (QED) is 0.299. The van der Waals surface area contributed by atoms with Crippen molar-refractivity contribution in [2.24, 2.45) is 0 Å². The predicted molar refractivity (Wildman–Crippen MR) is 85.6 cm³/mol. The van der Waals surface area contributed by atoms with Crippen LogP contribution in [0, 0.1) is 0 Å². The van der Waals surface area contributed by atoms with Crippen LogP contribution in [0.5, 0.6) is 5.75 Å². The van der Waals surface area contributed by atoms with Gasteiger partial charge in [-0.25, -0.2) is 0 Å². The third kappa shape index (κ3) is 3.42. The summed E-state index contributed by atoms with van der Waals surface area (Å²) in [5.74, 6) is -0.219. The van der Waals surface area contributed by atoms with Crippen molar-refractivity contribution in [2.75, 3.05) is 0 Å². The summed E-state index contributed by atoms with van der Waals surface area (Å²) in [7, 11) is -5.73. The summed E-state index contributed by atoms with van der Waals surface area (Å²) in [6.45, 7) is 2.06. The van der Waals surface area contributed by atoms with Crippen molar-refractivity contribution in [3.8, 4) is 5.75 Å². The van der Waals surface area contributed by atoms with Crippen molar-refractivity contribution in [2.45, 2.75) is 56.7 Å². The van der Waals surface area contributed by atoms with E-state index >= 15 is 0 Å². The van der Waals surface area contributed by atoms with Crippen LogP contribution in [-0.2, 0) is 21.3 Å². The Morgan fingerprint density at radius 1 is 1.12 bits per heavy atom. The van der Waals surface area contributed by atoms with Gasteiger partial charge in [-0.05, 0) is 24.0 Å². The van der Waals surface area contributed by atoms with Gasteiger partial charge in [0, 0.05) is 5.56 Å². The second-order valence-electron chi connectivity index (χ2n) is 6.21. The largest absolute Gasteiger partial charge is 0.534 e. The first kappa shape index (κ1) is 18.3. The van der Waals surface area contributed by atoms with Gasteiger partial charge in [0.1, 0.15) is 12.2 Å². The average Bonchev–Trinajstić information content (AvgIpc) is 3.13. The van der Waals surface area contributed by atoms with E-state index in [2.05, 4.69) is 11.1 Å². The number of rotatable bonds is 7. The highest BCUT2D eigenvalue weighted by Gasteiger charge is 2.50. The molecular weight excluding hydrogens is 357 g/mol. The zero-order valence-electron chi connectivity index (χ0n) is 13.7. The molecule has 0 N–H and O–H groups in total. The van der Waals surface area contributed by atoms with Crippen LogP contribution in [0.25, 0.3) is 0 Å². The number of hydrogen-bond acceptors (Lipinski definition) is 4. The van der Waals surface area contributed by atoms with Gasteiger partial charge in [0.15, 0.2) is 5.75 Å². The van der Waals surface area contributed by atoms with Crippen molar-refractivity contribution in [3.05, 3.63) is 41.0 Å². The maximum atomic E-state index is 12.8. The Labute approximate surface area is 144 Å². The Morgan fingerprint density at radius 2 is 1.84 bits per heavy atom. The minimum atomic E-state index is -5.73. The molecular formula is C17H19F3O4S. The smallest absolute Gasteiger partial charge is 0.375 e. The third-order valence-electron chi connectivity index (χ3n) is 4.43. The fraction of sp³-hybridized carbons (Fsp3) is 0.529. The molecule has 0 saturated heterocycles. The number of aryl methyl sites for hydroxylation is 1. The summed E-state index contributed by atoms with van der Waals surface area (Å²) < 4.78 is 71.7. The van der Waals surface area contributed by atoms with Crippen molar-refractivity contribution in [1.29, 1.82) is 0 Å². The molecule has 3 rings (SSSR count). The zero-order chi connectivity index (χ0) is 18.2. The van der Waals surface area contributed by atoms with Crippen LogP contribution in [0.15, 0.2) is 24.3 Å². The summed E-state index contributed by atoms with van der Waals surface area (Å²) in [6.07, 6.45) is 6.76. The third-order valence-corrected chi connectivity index (χ3v) is 5.39. The Kier molecular flexibility index (Phi) is 4.85.